The summed E-state index contributed by atoms with van der Waals surface area (Å²) in [7, 11) is -1.39. The number of aromatic nitrogens is 1. The van der Waals surface area contributed by atoms with Crippen LogP contribution >= 0.6 is 0 Å². The maximum Gasteiger partial charge on any atom is 0.244 e. The number of piperidine rings is 1. The molecule has 0 atom stereocenters. The fourth-order valence-electron chi connectivity index (χ4n) is 3.01. The predicted octanol–water partition coefficient (Wildman–Crippen LogP) is 1.01. The van der Waals surface area contributed by atoms with Gasteiger partial charge in [0.2, 0.25) is 10.0 Å². The minimum atomic E-state index is -3.41. The second-order valence-electron chi connectivity index (χ2n) is 6.11. The van der Waals surface area contributed by atoms with Gasteiger partial charge in [0, 0.05) is 45.5 Å². The highest BCUT2D eigenvalue weighted by Crippen LogP contribution is 2.21. The van der Waals surface area contributed by atoms with Crippen LogP contribution in [-0.2, 0) is 10.0 Å². The molecule has 2 saturated heterocycles. The summed E-state index contributed by atoms with van der Waals surface area (Å²) in [5.41, 5.74) is 0. The number of piperazine rings is 1. The molecule has 1 aromatic rings. The second kappa shape index (κ2) is 6.52. The molecule has 1 aromatic heterocycles. The zero-order chi connectivity index (χ0) is 15.6. The Morgan fingerprint density at radius 3 is 2.23 bits per heavy atom. The first-order valence-corrected chi connectivity index (χ1v) is 9.41. The Kier molecular flexibility index (Phi) is 4.65. The number of hydrogen-bond acceptors (Lipinski definition) is 5. The van der Waals surface area contributed by atoms with Crippen molar-refractivity contribution in [1.82, 2.24) is 14.2 Å². The summed E-state index contributed by atoms with van der Waals surface area (Å²) >= 11 is 0. The molecule has 3 heterocycles. The fourth-order valence-corrected chi connectivity index (χ4v) is 4.38. The number of sulfonamides is 1. The molecule has 2 aliphatic rings. The summed E-state index contributed by atoms with van der Waals surface area (Å²) in [5.74, 6) is 0.886. The van der Waals surface area contributed by atoms with Crippen molar-refractivity contribution in [3.8, 4) is 0 Å². The topological polar surface area (TPSA) is 56.8 Å². The van der Waals surface area contributed by atoms with Crippen LogP contribution in [0.1, 0.15) is 19.3 Å². The molecule has 122 valence electrons. The van der Waals surface area contributed by atoms with Crippen molar-refractivity contribution >= 4 is 15.8 Å². The molecule has 0 amide bonds. The Morgan fingerprint density at radius 2 is 1.64 bits per heavy atom. The van der Waals surface area contributed by atoms with Gasteiger partial charge >= 0.3 is 0 Å². The van der Waals surface area contributed by atoms with E-state index in [1.807, 2.05) is 13.1 Å². The van der Waals surface area contributed by atoms with E-state index in [4.69, 9.17) is 0 Å². The third-order valence-corrected chi connectivity index (χ3v) is 6.38. The van der Waals surface area contributed by atoms with Crippen LogP contribution in [0, 0.1) is 0 Å². The molecule has 0 aromatic carbocycles. The van der Waals surface area contributed by atoms with Gasteiger partial charge in [-0.1, -0.05) is 0 Å². The van der Waals surface area contributed by atoms with Crippen molar-refractivity contribution in [2.45, 2.75) is 24.2 Å². The zero-order valence-corrected chi connectivity index (χ0v) is 13.9. The van der Waals surface area contributed by atoms with Gasteiger partial charge < -0.3 is 9.80 Å². The first kappa shape index (κ1) is 15.7. The number of likely N-dealkylation sites (N-methyl/N-ethyl adjacent to an activating group) is 1. The summed E-state index contributed by atoms with van der Waals surface area (Å²) in [6, 6.07) is 3.54. The van der Waals surface area contributed by atoms with E-state index in [2.05, 4.69) is 14.8 Å². The Balaban J connectivity index is 1.74. The quantitative estimate of drug-likeness (QED) is 0.830. The van der Waals surface area contributed by atoms with Gasteiger partial charge in [0.25, 0.3) is 0 Å². The van der Waals surface area contributed by atoms with E-state index in [-0.39, 0.29) is 0 Å². The number of rotatable bonds is 3. The van der Waals surface area contributed by atoms with Crippen LogP contribution in [0.5, 0.6) is 0 Å². The number of pyridine rings is 1. The molecular formula is C15H24N4O2S. The van der Waals surface area contributed by atoms with Crippen molar-refractivity contribution in [3.63, 3.8) is 0 Å². The molecule has 0 bridgehead atoms. The highest BCUT2D eigenvalue weighted by Gasteiger charge is 2.27. The molecule has 0 spiro atoms. The maximum atomic E-state index is 12.6. The lowest BCUT2D eigenvalue weighted by Crippen LogP contribution is -2.47. The molecule has 0 aliphatic carbocycles. The van der Waals surface area contributed by atoms with Gasteiger partial charge in [0.15, 0.2) is 0 Å². The largest absolute Gasteiger partial charge is 0.357 e. The molecule has 6 nitrogen and oxygen atoms in total. The number of nitrogens with zero attached hydrogens (tertiary/aromatic N) is 4. The molecule has 0 unspecified atom stereocenters. The first-order valence-electron chi connectivity index (χ1n) is 7.97. The molecular weight excluding hydrogens is 300 g/mol. The highest BCUT2D eigenvalue weighted by molar-refractivity contribution is 7.89. The molecule has 22 heavy (non-hydrogen) atoms. The van der Waals surface area contributed by atoms with Crippen LogP contribution in [0.3, 0.4) is 0 Å². The SMILES string of the molecule is CN1CCN(S(=O)(=O)c2ccc(N3CCCCC3)nc2)CC1. The Hall–Kier alpha value is -1.18. The normalized spacial score (nSPS) is 22.0. The summed E-state index contributed by atoms with van der Waals surface area (Å²) in [6.45, 7) is 4.67. The van der Waals surface area contributed by atoms with Crippen molar-refractivity contribution in [2.24, 2.45) is 0 Å². The van der Waals surface area contributed by atoms with Crippen molar-refractivity contribution < 1.29 is 8.42 Å². The van der Waals surface area contributed by atoms with E-state index in [9.17, 15) is 8.42 Å². The summed E-state index contributed by atoms with van der Waals surface area (Å²) in [6.07, 6.45) is 5.15. The van der Waals surface area contributed by atoms with Gasteiger partial charge in [0.1, 0.15) is 10.7 Å². The van der Waals surface area contributed by atoms with Crippen molar-refractivity contribution in [2.75, 3.05) is 51.2 Å². The smallest absolute Gasteiger partial charge is 0.244 e. The van der Waals surface area contributed by atoms with Crippen LogP contribution < -0.4 is 4.90 Å². The van der Waals surface area contributed by atoms with E-state index in [1.165, 1.54) is 25.5 Å². The number of anilines is 1. The predicted molar refractivity (Wildman–Crippen MR) is 86.6 cm³/mol. The molecule has 3 rings (SSSR count). The monoisotopic (exact) mass is 324 g/mol. The van der Waals surface area contributed by atoms with Gasteiger partial charge in [0.05, 0.1) is 0 Å². The van der Waals surface area contributed by atoms with E-state index >= 15 is 0 Å². The molecule has 7 heteroatoms. The molecule has 0 radical (unpaired) electrons. The summed E-state index contributed by atoms with van der Waals surface area (Å²) < 4.78 is 26.8. The highest BCUT2D eigenvalue weighted by atomic mass is 32.2. The zero-order valence-electron chi connectivity index (χ0n) is 13.1. The van der Waals surface area contributed by atoms with Crippen LogP contribution in [0.15, 0.2) is 23.2 Å². The number of hydrogen-bond donors (Lipinski definition) is 0. The molecule has 0 saturated carbocycles. The van der Waals surface area contributed by atoms with Crippen molar-refractivity contribution in [1.29, 1.82) is 0 Å². The van der Waals surface area contributed by atoms with Crippen LogP contribution in [0.25, 0.3) is 0 Å². The Labute approximate surface area is 132 Å². The Morgan fingerprint density at radius 1 is 0.955 bits per heavy atom. The average molecular weight is 324 g/mol. The van der Waals surface area contributed by atoms with Crippen molar-refractivity contribution in [3.05, 3.63) is 18.3 Å². The van der Waals surface area contributed by atoms with E-state index in [0.29, 0.717) is 18.0 Å². The van der Waals surface area contributed by atoms with E-state index < -0.39 is 10.0 Å². The standard InChI is InChI=1S/C15H24N4O2S/c1-17-9-11-19(12-10-17)22(20,21)14-5-6-15(16-13-14)18-7-3-2-4-8-18/h5-6,13H,2-4,7-12H2,1H3. The van der Waals surface area contributed by atoms with E-state index in [1.54, 1.807) is 10.4 Å². The van der Waals surface area contributed by atoms with Gasteiger partial charge in [-0.15, -0.1) is 0 Å². The van der Waals surface area contributed by atoms with Gasteiger partial charge in [-0.25, -0.2) is 13.4 Å². The lowest BCUT2D eigenvalue weighted by molar-refractivity contribution is 0.222. The van der Waals surface area contributed by atoms with E-state index in [0.717, 1.165) is 32.0 Å². The molecule has 2 fully saturated rings. The third kappa shape index (κ3) is 3.26. The van der Waals surface area contributed by atoms with Gasteiger partial charge in [-0.05, 0) is 38.4 Å². The summed E-state index contributed by atoms with van der Waals surface area (Å²) in [5, 5.41) is 0. The van der Waals surface area contributed by atoms with Crippen LogP contribution in [-0.4, -0.2) is 68.9 Å². The van der Waals surface area contributed by atoms with Gasteiger partial charge in [-0.3, -0.25) is 0 Å². The Bertz CT molecular complexity index is 588. The third-order valence-electron chi connectivity index (χ3n) is 4.50. The molecule has 2 aliphatic heterocycles. The minimum absolute atomic E-state index is 0.304. The van der Waals surface area contributed by atoms with Crippen LogP contribution in [0.2, 0.25) is 0 Å². The maximum absolute atomic E-state index is 12.6. The summed E-state index contributed by atoms with van der Waals surface area (Å²) in [4.78, 5) is 9.07. The second-order valence-corrected chi connectivity index (χ2v) is 8.05. The average Bonchev–Trinajstić information content (AvgIpc) is 2.56. The fraction of sp³-hybridized carbons (Fsp3) is 0.667. The lowest BCUT2D eigenvalue weighted by Gasteiger charge is -2.31. The minimum Gasteiger partial charge on any atom is -0.357 e. The van der Waals surface area contributed by atoms with Crippen LogP contribution in [0.4, 0.5) is 5.82 Å². The molecule has 0 N–H and O–H groups in total. The lowest BCUT2D eigenvalue weighted by atomic mass is 10.1. The first-order chi connectivity index (χ1) is 10.6. The van der Waals surface area contributed by atoms with Gasteiger partial charge in [-0.2, -0.15) is 4.31 Å².